The molecule has 1 unspecified atom stereocenters. The molecule has 1 aliphatic carbocycles. The maximum Gasteiger partial charge on any atom is 0.149 e. The van der Waals surface area contributed by atoms with Crippen molar-refractivity contribution in [3.63, 3.8) is 0 Å². The summed E-state index contributed by atoms with van der Waals surface area (Å²) in [7, 11) is 0. The number of aromatic nitrogens is 7. The van der Waals surface area contributed by atoms with E-state index in [9.17, 15) is 5.26 Å². The standard InChI is InChI=1S/C21H22N8/c1-14(2)28-12-16(10-24-28)18-9-20-23-7-8-27(20)21(26-18)17-11-25-29(13-17)19(5-6-22)15-3-4-15/h7-15,19H,3-5H2,1-2H3. The second-order valence-electron chi connectivity index (χ2n) is 7.90. The van der Waals surface area contributed by atoms with Crippen LogP contribution in [-0.2, 0) is 0 Å². The zero-order chi connectivity index (χ0) is 20.0. The van der Waals surface area contributed by atoms with Gasteiger partial charge in [-0.1, -0.05) is 0 Å². The molecule has 4 aromatic heterocycles. The number of rotatable bonds is 6. The minimum absolute atomic E-state index is 0.138. The van der Waals surface area contributed by atoms with Crippen LogP contribution in [0.4, 0.5) is 0 Å². The van der Waals surface area contributed by atoms with Crippen LogP contribution in [0.2, 0.25) is 0 Å². The molecule has 5 rings (SSSR count). The van der Waals surface area contributed by atoms with Crippen molar-refractivity contribution in [3.05, 3.63) is 43.2 Å². The Bertz CT molecular complexity index is 1200. The van der Waals surface area contributed by atoms with E-state index in [2.05, 4.69) is 35.1 Å². The van der Waals surface area contributed by atoms with Crippen molar-refractivity contribution in [2.24, 2.45) is 5.92 Å². The highest BCUT2D eigenvalue weighted by atomic mass is 15.3. The largest absolute Gasteiger partial charge is 0.284 e. The van der Waals surface area contributed by atoms with Gasteiger partial charge >= 0.3 is 0 Å². The fourth-order valence-electron chi connectivity index (χ4n) is 3.71. The Morgan fingerprint density at radius 2 is 1.90 bits per heavy atom. The average molecular weight is 386 g/mol. The van der Waals surface area contributed by atoms with Crippen molar-refractivity contribution in [1.29, 1.82) is 5.26 Å². The fourth-order valence-corrected chi connectivity index (χ4v) is 3.71. The third kappa shape index (κ3) is 3.18. The van der Waals surface area contributed by atoms with Gasteiger partial charge in [0.1, 0.15) is 11.5 Å². The second kappa shape index (κ2) is 6.85. The maximum absolute atomic E-state index is 9.19. The van der Waals surface area contributed by atoms with Crippen molar-refractivity contribution in [3.8, 4) is 28.7 Å². The second-order valence-corrected chi connectivity index (χ2v) is 7.90. The lowest BCUT2D eigenvalue weighted by molar-refractivity contribution is 0.412. The molecule has 4 heterocycles. The van der Waals surface area contributed by atoms with Gasteiger partial charge in [0, 0.05) is 42.5 Å². The van der Waals surface area contributed by atoms with E-state index in [-0.39, 0.29) is 12.1 Å². The molecular weight excluding hydrogens is 364 g/mol. The molecule has 0 spiro atoms. The van der Waals surface area contributed by atoms with Crippen molar-refractivity contribution >= 4 is 5.65 Å². The van der Waals surface area contributed by atoms with Crippen LogP contribution in [0.15, 0.2) is 43.2 Å². The molecule has 0 bridgehead atoms. The first kappa shape index (κ1) is 17.6. The number of imidazole rings is 1. The van der Waals surface area contributed by atoms with E-state index in [1.54, 1.807) is 6.20 Å². The Hall–Kier alpha value is -3.47. The molecule has 1 saturated carbocycles. The first-order chi connectivity index (χ1) is 14.1. The molecule has 0 saturated heterocycles. The van der Waals surface area contributed by atoms with Crippen molar-refractivity contribution in [1.82, 2.24) is 33.9 Å². The molecule has 0 amide bonds. The summed E-state index contributed by atoms with van der Waals surface area (Å²) in [6, 6.07) is 4.70. The summed E-state index contributed by atoms with van der Waals surface area (Å²) in [5.41, 5.74) is 3.52. The highest BCUT2D eigenvalue weighted by Gasteiger charge is 2.33. The van der Waals surface area contributed by atoms with Crippen LogP contribution in [-0.4, -0.2) is 33.9 Å². The molecule has 1 fully saturated rings. The summed E-state index contributed by atoms with van der Waals surface area (Å²) >= 11 is 0. The van der Waals surface area contributed by atoms with Gasteiger partial charge in [-0.05, 0) is 32.6 Å². The monoisotopic (exact) mass is 386 g/mol. The molecule has 0 aromatic carbocycles. The van der Waals surface area contributed by atoms with Gasteiger partial charge in [-0.25, -0.2) is 9.97 Å². The van der Waals surface area contributed by atoms with Crippen molar-refractivity contribution < 1.29 is 0 Å². The third-order valence-electron chi connectivity index (χ3n) is 5.48. The van der Waals surface area contributed by atoms with Gasteiger partial charge in [0.15, 0.2) is 0 Å². The molecule has 29 heavy (non-hydrogen) atoms. The van der Waals surface area contributed by atoms with Crippen LogP contribution in [0.25, 0.3) is 28.3 Å². The van der Waals surface area contributed by atoms with E-state index < -0.39 is 0 Å². The highest BCUT2D eigenvalue weighted by Crippen LogP contribution is 2.41. The van der Waals surface area contributed by atoms with Crippen LogP contribution < -0.4 is 0 Å². The first-order valence-corrected chi connectivity index (χ1v) is 9.94. The predicted molar refractivity (Wildman–Crippen MR) is 108 cm³/mol. The Kier molecular flexibility index (Phi) is 4.16. The minimum Gasteiger partial charge on any atom is -0.284 e. The SMILES string of the molecule is CC(C)n1cc(-c2cc3nccn3c(-c3cnn(C(CC#N)C4CC4)c3)n2)cn1. The maximum atomic E-state index is 9.19. The van der Waals surface area contributed by atoms with Crippen LogP contribution in [0.5, 0.6) is 0 Å². The molecule has 1 atom stereocenters. The lowest BCUT2D eigenvalue weighted by Crippen LogP contribution is -2.11. The number of nitriles is 1. The summed E-state index contributed by atoms with van der Waals surface area (Å²) in [6.45, 7) is 4.19. The molecule has 8 heteroatoms. The topological polar surface area (TPSA) is 89.6 Å². The number of hydrogen-bond acceptors (Lipinski definition) is 5. The molecule has 8 nitrogen and oxygen atoms in total. The first-order valence-electron chi connectivity index (χ1n) is 9.94. The average Bonchev–Trinajstić information content (AvgIpc) is 3.15. The zero-order valence-corrected chi connectivity index (χ0v) is 16.5. The molecule has 4 aromatic rings. The molecule has 146 valence electrons. The summed E-state index contributed by atoms with van der Waals surface area (Å²) in [5, 5.41) is 18.2. The van der Waals surface area contributed by atoms with Crippen molar-refractivity contribution in [2.45, 2.75) is 45.2 Å². The normalized spacial score (nSPS) is 15.1. The van der Waals surface area contributed by atoms with E-state index in [1.807, 2.05) is 50.8 Å². The Balaban J connectivity index is 1.58. The Labute approximate surface area is 168 Å². The van der Waals surface area contributed by atoms with Gasteiger partial charge in [0.2, 0.25) is 0 Å². The van der Waals surface area contributed by atoms with Crippen molar-refractivity contribution in [2.75, 3.05) is 0 Å². The summed E-state index contributed by atoms with van der Waals surface area (Å²) in [6.07, 6.45) is 14.2. The van der Waals surface area contributed by atoms with E-state index in [0.29, 0.717) is 12.3 Å². The van der Waals surface area contributed by atoms with Gasteiger partial charge in [0.25, 0.3) is 0 Å². The van der Waals surface area contributed by atoms with E-state index in [4.69, 9.17) is 4.98 Å². The molecular formula is C21H22N8. The van der Waals surface area contributed by atoms with Gasteiger partial charge in [0.05, 0.1) is 42.2 Å². The summed E-state index contributed by atoms with van der Waals surface area (Å²) in [5.74, 6) is 1.34. The van der Waals surface area contributed by atoms with Gasteiger partial charge in [-0.15, -0.1) is 0 Å². The fraction of sp³-hybridized carbons (Fsp3) is 0.381. The van der Waals surface area contributed by atoms with E-state index >= 15 is 0 Å². The quantitative estimate of drug-likeness (QED) is 0.501. The molecule has 0 radical (unpaired) electrons. The lowest BCUT2D eigenvalue weighted by Gasteiger charge is -2.12. The molecule has 0 aliphatic heterocycles. The molecule has 0 N–H and O–H groups in total. The van der Waals surface area contributed by atoms with Gasteiger partial charge in [-0.2, -0.15) is 15.5 Å². The van der Waals surface area contributed by atoms with Crippen LogP contribution >= 0.6 is 0 Å². The zero-order valence-electron chi connectivity index (χ0n) is 16.5. The minimum atomic E-state index is 0.138. The number of hydrogen-bond donors (Lipinski definition) is 0. The van der Waals surface area contributed by atoms with Crippen LogP contribution in [0, 0.1) is 17.2 Å². The van der Waals surface area contributed by atoms with Crippen LogP contribution in [0.3, 0.4) is 0 Å². The Morgan fingerprint density at radius 3 is 2.62 bits per heavy atom. The van der Waals surface area contributed by atoms with Gasteiger partial charge < -0.3 is 0 Å². The number of fused-ring (bicyclic) bond motifs is 1. The summed E-state index contributed by atoms with van der Waals surface area (Å²) in [4.78, 5) is 9.38. The summed E-state index contributed by atoms with van der Waals surface area (Å²) < 4.78 is 5.82. The van der Waals surface area contributed by atoms with Gasteiger partial charge in [-0.3, -0.25) is 13.8 Å². The third-order valence-corrected chi connectivity index (χ3v) is 5.48. The number of nitrogens with zero attached hydrogens (tertiary/aromatic N) is 8. The predicted octanol–water partition coefficient (Wildman–Crippen LogP) is 3.90. The van der Waals surface area contributed by atoms with E-state index in [0.717, 1.165) is 28.3 Å². The Morgan fingerprint density at radius 1 is 1.14 bits per heavy atom. The smallest absolute Gasteiger partial charge is 0.149 e. The van der Waals surface area contributed by atoms with E-state index in [1.165, 1.54) is 12.8 Å². The molecule has 1 aliphatic rings. The lowest BCUT2D eigenvalue weighted by atomic mass is 10.1. The van der Waals surface area contributed by atoms with Crippen LogP contribution in [0.1, 0.15) is 45.2 Å². The highest BCUT2D eigenvalue weighted by molar-refractivity contribution is 5.68.